The van der Waals surface area contributed by atoms with Gasteiger partial charge in [0.25, 0.3) is 0 Å². The molecule has 0 amide bonds. The van der Waals surface area contributed by atoms with Crippen molar-refractivity contribution in [3.05, 3.63) is 24.3 Å². The monoisotopic (exact) mass is 164 g/mol. The Hall–Kier alpha value is -0.520. The van der Waals surface area contributed by atoms with Crippen molar-refractivity contribution in [1.82, 2.24) is 0 Å². The fraction of sp³-hybridized carbons (Fsp3) is 0.667. The Morgan fingerprint density at radius 1 is 1.17 bits per heavy atom. The fourth-order valence-electron chi connectivity index (χ4n) is 2.07. The summed E-state index contributed by atoms with van der Waals surface area (Å²) in [7, 11) is 0. The van der Waals surface area contributed by atoms with E-state index in [1.807, 2.05) is 13.8 Å². The topological polar surface area (TPSA) is 0 Å². The summed E-state index contributed by atoms with van der Waals surface area (Å²) in [4.78, 5) is 0. The van der Waals surface area contributed by atoms with E-state index in [9.17, 15) is 0 Å². The van der Waals surface area contributed by atoms with Gasteiger partial charge in [-0.2, -0.15) is 0 Å². The first-order valence-corrected chi connectivity index (χ1v) is 5.15. The molecule has 0 saturated heterocycles. The summed E-state index contributed by atoms with van der Waals surface area (Å²) in [6, 6.07) is 0. The van der Waals surface area contributed by atoms with Crippen LogP contribution in [0.3, 0.4) is 0 Å². The molecule has 0 heteroatoms. The Kier molecular flexibility index (Phi) is 3.13. The van der Waals surface area contributed by atoms with Gasteiger partial charge in [-0.1, -0.05) is 45.1 Å². The highest BCUT2D eigenvalue weighted by atomic mass is 14.4. The van der Waals surface area contributed by atoms with E-state index in [4.69, 9.17) is 0 Å². The third-order valence-corrected chi connectivity index (χ3v) is 2.96. The summed E-state index contributed by atoms with van der Waals surface area (Å²) in [5, 5.41) is 0. The molecular formula is C12H20. The van der Waals surface area contributed by atoms with E-state index in [1.165, 1.54) is 19.3 Å². The average Bonchev–Trinajstić information content (AvgIpc) is 2.49. The molecule has 2 aliphatic carbocycles. The molecule has 0 bridgehead atoms. The normalized spacial score (nSPS) is 37.1. The number of allylic oxidation sites excluding steroid dienone is 4. The number of hydrogen-bond acceptors (Lipinski definition) is 0. The van der Waals surface area contributed by atoms with Gasteiger partial charge in [0.1, 0.15) is 0 Å². The summed E-state index contributed by atoms with van der Waals surface area (Å²) in [6.07, 6.45) is 13.3. The van der Waals surface area contributed by atoms with Crippen molar-refractivity contribution in [2.24, 2.45) is 11.3 Å². The Bertz CT molecular complexity index is 188. The van der Waals surface area contributed by atoms with Gasteiger partial charge in [-0.3, -0.25) is 0 Å². The van der Waals surface area contributed by atoms with Gasteiger partial charge in [-0.15, -0.1) is 0 Å². The van der Waals surface area contributed by atoms with Crippen LogP contribution in [0.1, 0.15) is 40.0 Å². The van der Waals surface area contributed by atoms with Gasteiger partial charge in [0.15, 0.2) is 0 Å². The molecule has 2 aliphatic rings. The molecule has 0 spiro atoms. The Morgan fingerprint density at radius 3 is 2.50 bits per heavy atom. The van der Waals surface area contributed by atoms with E-state index in [0.29, 0.717) is 5.41 Å². The fourth-order valence-corrected chi connectivity index (χ4v) is 2.07. The summed E-state index contributed by atoms with van der Waals surface area (Å²) in [5.74, 6) is 0.751. The Morgan fingerprint density at radius 2 is 1.83 bits per heavy atom. The second-order valence-electron chi connectivity index (χ2n) is 3.78. The van der Waals surface area contributed by atoms with E-state index in [0.717, 1.165) is 5.92 Å². The first kappa shape index (κ1) is 9.57. The van der Waals surface area contributed by atoms with E-state index in [-0.39, 0.29) is 0 Å². The van der Waals surface area contributed by atoms with Gasteiger partial charge in [0, 0.05) is 5.92 Å². The van der Waals surface area contributed by atoms with Crippen molar-refractivity contribution < 1.29 is 0 Å². The number of fused-ring (bicyclic) bond motifs is 1. The lowest BCUT2D eigenvalue weighted by atomic mass is 9.72. The van der Waals surface area contributed by atoms with Crippen LogP contribution in [0, 0.1) is 11.3 Å². The molecule has 2 rings (SSSR count). The molecule has 0 aromatic carbocycles. The van der Waals surface area contributed by atoms with Crippen molar-refractivity contribution in [2.75, 3.05) is 0 Å². The lowest BCUT2D eigenvalue weighted by molar-refractivity contribution is 0.257. The third kappa shape index (κ3) is 1.63. The van der Waals surface area contributed by atoms with Crippen LogP contribution in [-0.2, 0) is 0 Å². The van der Waals surface area contributed by atoms with Crippen molar-refractivity contribution >= 4 is 0 Å². The maximum Gasteiger partial charge on any atom is 0.000347 e. The highest BCUT2D eigenvalue weighted by molar-refractivity contribution is 5.17. The molecule has 0 fully saturated rings. The first-order valence-electron chi connectivity index (χ1n) is 5.15. The highest BCUT2D eigenvalue weighted by Crippen LogP contribution is 2.45. The molecule has 0 radical (unpaired) electrons. The minimum atomic E-state index is 0.592. The molecule has 0 heterocycles. The van der Waals surface area contributed by atoms with Crippen LogP contribution in [0.25, 0.3) is 0 Å². The number of rotatable bonds is 0. The summed E-state index contributed by atoms with van der Waals surface area (Å²) < 4.78 is 0. The van der Waals surface area contributed by atoms with Crippen LogP contribution in [0.15, 0.2) is 24.3 Å². The maximum absolute atomic E-state index is 2.40. The van der Waals surface area contributed by atoms with Crippen LogP contribution >= 0.6 is 0 Å². The summed E-state index contributed by atoms with van der Waals surface area (Å²) >= 11 is 0. The van der Waals surface area contributed by atoms with Crippen LogP contribution in [0.2, 0.25) is 0 Å². The van der Waals surface area contributed by atoms with Crippen molar-refractivity contribution in [1.29, 1.82) is 0 Å². The second-order valence-corrected chi connectivity index (χ2v) is 3.78. The van der Waals surface area contributed by atoms with Gasteiger partial charge in [0.2, 0.25) is 0 Å². The molecule has 0 aromatic heterocycles. The maximum atomic E-state index is 2.40. The highest BCUT2D eigenvalue weighted by Gasteiger charge is 2.34. The van der Waals surface area contributed by atoms with Gasteiger partial charge in [0.05, 0.1) is 0 Å². The Balaban J connectivity index is 0.000000336. The summed E-state index contributed by atoms with van der Waals surface area (Å²) in [6.45, 7) is 6.40. The van der Waals surface area contributed by atoms with Gasteiger partial charge in [-0.25, -0.2) is 0 Å². The van der Waals surface area contributed by atoms with Crippen LogP contribution < -0.4 is 0 Å². The summed E-state index contributed by atoms with van der Waals surface area (Å²) in [5.41, 5.74) is 0.592. The second kappa shape index (κ2) is 3.93. The van der Waals surface area contributed by atoms with Crippen LogP contribution in [0.5, 0.6) is 0 Å². The molecule has 0 aliphatic heterocycles. The standard InChI is InChI=1S/C10H14.C2H6/c1-10-7-3-2-5-9(10)6-4-8-10;1-2/h2,4-6,9H,3,7-8H2,1H3;1-2H3. The van der Waals surface area contributed by atoms with E-state index < -0.39 is 0 Å². The van der Waals surface area contributed by atoms with Gasteiger partial charge >= 0.3 is 0 Å². The van der Waals surface area contributed by atoms with Crippen molar-refractivity contribution in [2.45, 2.75) is 40.0 Å². The molecule has 0 N–H and O–H groups in total. The minimum Gasteiger partial charge on any atom is -0.0879 e. The van der Waals surface area contributed by atoms with Gasteiger partial charge < -0.3 is 0 Å². The zero-order valence-corrected chi connectivity index (χ0v) is 8.51. The van der Waals surface area contributed by atoms with E-state index >= 15 is 0 Å². The lowest BCUT2D eigenvalue weighted by Gasteiger charge is -2.32. The molecule has 68 valence electrons. The van der Waals surface area contributed by atoms with E-state index in [1.54, 1.807) is 0 Å². The minimum absolute atomic E-state index is 0.592. The quantitative estimate of drug-likeness (QED) is 0.476. The van der Waals surface area contributed by atoms with Crippen LogP contribution in [0.4, 0.5) is 0 Å². The first-order chi connectivity index (χ1) is 5.81. The molecule has 0 nitrogen and oxygen atoms in total. The molecular weight excluding hydrogens is 144 g/mol. The molecule has 12 heavy (non-hydrogen) atoms. The Labute approximate surface area is 76.4 Å². The van der Waals surface area contributed by atoms with E-state index in [2.05, 4.69) is 31.2 Å². The predicted octanol–water partition coefficient (Wildman–Crippen LogP) is 3.95. The molecule has 2 atom stereocenters. The SMILES string of the molecule is CC.CC12CC=CC1C=CCC2. The van der Waals surface area contributed by atoms with Gasteiger partial charge in [-0.05, 0) is 24.7 Å². The average molecular weight is 164 g/mol. The molecule has 0 saturated carbocycles. The smallest absolute Gasteiger partial charge is 0.000347 e. The van der Waals surface area contributed by atoms with Crippen LogP contribution in [-0.4, -0.2) is 0 Å². The molecule has 2 unspecified atom stereocenters. The zero-order valence-electron chi connectivity index (χ0n) is 8.51. The lowest BCUT2D eigenvalue weighted by Crippen LogP contribution is -2.22. The predicted molar refractivity (Wildman–Crippen MR) is 55.1 cm³/mol. The zero-order chi connectivity index (χ0) is 9.03. The number of hydrogen-bond donors (Lipinski definition) is 0. The van der Waals surface area contributed by atoms with Crippen molar-refractivity contribution in [3.63, 3.8) is 0 Å². The molecule has 0 aromatic rings. The largest absolute Gasteiger partial charge is 0.0879 e. The van der Waals surface area contributed by atoms with Crippen molar-refractivity contribution in [3.8, 4) is 0 Å². The third-order valence-electron chi connectivity index (χ3n) is 2.96.